The van der Waals surface area contributed by atoms with Crippen LogP contribution < -0.4 is 14.9 Å². The van der Waals surface area contributed by atoms with Crippen LogP contribution in [0.15, 0.2) is 33.5 Å². The van der Waals surface area contributed by atoms with Crippen LogP contribution in [0.2, 0.25) is 0 Å². The van der Waals surface area contributed by atoms with Crippen molar-refractivity contribution in [3.05, 3.63) is 51.4 Å². The molecular formula is C29H33NO7. The lowest BCUT2D eigenvalue weighted by molar-refractivity contribution is 0.0492. The molecule has 0 aliphatic carbocycles. The van der Waals surface area contributed by atoms with Gasteiger partial charge in [-0.25, -0.2) is 4.79 Å². The van der Waals surface area contributed by atoms with E-state index in [-0.39, 0.29) is 34.7 Å². The van der Waals surface area contributed by atoms with Gasteiger partial charge in [0.25, 0.3) is 0 Å². The second-order valence-electron chi connectivity index (χ2n) is 9.79. The first-order chi connectivity index (χ1) is 17.9. The van der Waals surface area contributed by atoms with Crippen LogP contribution in [-0.2, 0) is 17.7 Å². The molecule has 0 bridgehead atoms. The number of nitrogens with zero attached hydrogens (tertiary/aromatic N) is 1. The summed E-state index contributed by atoms with van der Waals surface area (Å²) in [6.45, 7) is 9.02. The summed E-state index contributed by atoms with van der Waals surface area (Å²) in [5.74, 6) is 0.807. The van der Waals surface area contributed by atoms with E-state index in [9.17, 15) is 14.7 Å². The highest BCUT2D eigenvalue weighted by Gasteiger charge is 2.28. The predicted molar refractivity (Wildman–Crippen MR) is 140 cm³/mol. The second kappa shape index (κ2) is 10.5. The quantitative estimate of drug-likeness (QED) is 0.470. The smallest absolute Gasteiger partial charge is 0.375 e. The third-order valence-electron chi connectivity index (χ3n) is 7.13. The highest BCUT2D eigenvalue weighted by Crippen LogP contribution is 2.38. The van der Waals surface area contributed by atoms with Gasteiger partial charge in [-0.15, -0.1) is 0 Å². The Labute approximate surface area is 215 Å². The number of benzene rings is 2. The van der Waals surface area contributed by atoms with Crippen LogP contribution in [0.1, 0.15) is 55.3 Å². The number of aromatic hydroxyl groups is 1. The van der Waals surface area contributed by atoms with E-state index in [1.54, 1.807) is 31.2 Å². The Morgan fingerprint density at radius 3 is 2.68 bits per heavy atom. The average Bonchev–Trinajstić information content (AvgIpc) is 2.90. The number of carbonyl (C=O) groups excluding carboxylic acids is 1. The van der Waals surface area contributed by atoms with Gasteiger partial charge in [-0.05, 0) is 68.0 Å². The first-order valence-electron chi connectivity index (χ1n) is 13.0. The lowest BCUT2D eigenvalue weighted by atomic mass is 9.96. The van der Waals surface area contributed by atoms with E-state index in [1.807, 2.05) is 6.92 Å². The molecule has 8 nitrogen and oxygen atoms in total. The number of rotatable bonds is 6. The summed E-state index contributed by atoms with van der Waals surface area (Å²) in [6, 6.07) is 6.80. The number of fused-ring (bicyclic) bond motifs is 2. The summed E-state index contributed by atoms with van der Waals surface area (Å²) >= 11 is 0. The molecular weight excluding hydrogens is 474 g/mol. The fourth-order valence-corrected chi connectivity index (χ4v) is 5.32. The van der Waals surface area contributed by atoms with Crippen LogP contribution in [0.5, 0.6) is 17.2 Å². The van der Waals surface area contributed by atoms with Crippen LogP contribution >= 0.6 is 0 Å². The summed E-state index contributed by atoms with van der Waals surface area (Å²) in [4.78, 5) is 29.4. The molecule has 0 spiro atoms. The monoisotopic (exact) mass is 507 g/mol. The molecule has 1 N–H and O–H groups in total. The number of hydrogen-bond acceptors (Lipinski definition) is 8. The summed E-state index contributed by atoms with van der Waals surface area (Å²) in [7, 11) is 0. The van der Waals surface area contributed by atoms with Crippen LogP contribution in [0.4, 0.5) is 0 Å². The van der Waals surface area contributed by atoms with Crippen molar-refractivity contribution in [2.75, 3.05) is 32.9 Å². The van der Waals surface area contributed by atoms with Gasteiger partial charge in [0.15, 0.2) is 11.5 Å². The number of carbonyl (C=O) groups is 1. The number of phenolic OH excluding ortho intramolecular Hbond substituents is 1. The molecule has 0 unspecified atom stereocenters. The zero-order chi connectivity index (χ0) is 26.1. The van der Waals surface area contributed by atoms with Crippen molar-refractivity contribution in [3.63, 3.8) is 0 Å². The molecule has 1 atom stereocenters. The summed E-state index contributed by atoms with van der Waals surface area (Å²) in [6.07, 6.45) is 2.78. The fourth-order valence-electron chi connectivity index (χ4n) is 5.32. The molecule has 3 aromatic rings. The second-order valence-corrected chi connectivity index (χ2v) is 9.79. The number of ether oxygens (including phenoxy) is 3. The third-order valence-corrected chi connectivity index (χ3v) is 7.13. The van der Waals surface area contributed by atoms with Gasteiger partial charge in [-0.1, -0.05) is 19.9 Å². The zero-order valence-corrected chi connectivity index (χ0v) is 21.6. The van der Waals surface area contributed by atoms with Gasteiger partial charge in [-0.3, -0.25) is 9.69 Å². The minimum Gasteiger partial charge on any atom is -0.507 e. The molecule has 8 heteroatoms. The van der Waals surface area contributed by atoms with Gasteiger partial charge >= 0.3 is 5.97 Å². The van der Waals surface area contributed by atoms with Crippen molar-refractivity contribution in [1.29, 1.82) is 0 Å². The van der Waals surface area contributed by atoms with Crippen molar-refractivity contribution in [1.82, 2.24) is 4.90 Å². The maximum Gasteiger partial charge on any atom is 0.375 e. The van der Waals surface area contributed by atoms with E-state index in [0.29, 0.717) is 65.7 Å². The van der Waals surface area contributed by atoms with Crippen LogP contribution in [0.3, 0.4) is 0 Å². The molecule has 2 aromatic carbocycles. The number of phenols is 1. The lowest BCUT2D eigenvalue weighted by Gasteiger charge is -2.31. The topological polar surface area (TPSA) is 98.4 Å². The van der Waals surface area contributed by atoms with E-state index in [0.717, 1.165) is 19.5 Å². The molecule has 3 heterocycles. The number of esters is 1. The largest absolute Gasteiger partial charge is 0.507 e. The Kier molecular flexibility index (Phi) is 7.11. The molecule has 2 aliphatic heterocycles. The standard InChI is InChI=1S/C29H33NO7/c1-4-18-13-20-26(32)24(19-8-9-22-23(14-19)36-12-11-35-22)28(29(33)34-5-2)37-27(20)21(25(18)31)16-30-10-6-7-17(3)15-30/h8-9,13-14,17,31H,4-7,10-12,15-16H2,1-3H3/t17-/m0/s1. The number of hydrogen-bond donors (Lipinski definition) is 1. The molecule has 37 heavy (non-hydrogen) atoms. The minimum atomic E-state index is -0.733. The maximum absolute atomic E-state index is 14.1. The zero-order valence-electron chi connectivity index (χ0n) is 21.6. The highest BCUT2D eigenvalue weighted by atomic mass is 16.6. The molecule has 1 fully saturated rings. The number of likely N-dealkylation sites (tertiary alicyclic amines) is 1. The molecule has 0 radical (unpaired) electrons. The summed E-state index contributed by atoms with van der Waals surface area (Å²) < 4.78 is 22.9. The Hall–Kier alpha value is -3.52. The predicted octanol–water partition coefficient (Wildman–Crippen LogP) is 4.91. The molecule has 5 rings (SSSR count). The van der Waals surface area contributed by atoms with Crippen LogP contribution in [0.25, 0.3) is 22.1 Å². The van der Waals surface area contributed by atoms with Crippen LogP contribution in [0, 0.1) is 5.92 Å². The van der Waals surface area contributed by atoms with Gasteiger partial charge in [0.1, 0.15) is 24.5 Å². The fraction of sp³-hybridized carbons (Fsp3) is 0.448. The first kappa shape index (κ1) is 25.1. The van der Waals surface area contributed by atoms with E-state index in [1.165, 1.54) is 6.42 Å². The van der Waals surface area contributed by atoms with Crippen molar-refractivity contribution in [2.45, 2.75) is 46.6 Å². The van der Waals surface area contributed by atoms with Crippen LogP contribution in [-0.4, -0.2) is 48.9 Å². The highest BCUT2D eigenvalue weighted by molar-refractivity contribution is 5.98. The first-order valence-corrected chi connectivity index (χ1v) is 13.0. The maximum atomic E-state index is 14.1. The van der Waals surface area contributed by atoms with Gasteiger partial charge in [0, 0.05) is 13.1 Å². The van der Waals surface area contributed by atoms with Gasteiger partial charge < -0.3 is 23.7 Å². The number of piperidine rings is 1. The van der Waals surface area contributed by atoms with Crippen molar-refractivity contribution in [3.8, 4) is 28.4 Å². The van der Waals surface area contributed by atoms with Crippen molar-refractivity contribution >= 4 is 16.9 Å². The van der Waals surface area contributed by atoms with E-state index in [2.05, 4.69) is 11.8 Å². The van der Waals surface area contributed by atoms with E-state index >= 15 is 0 Å². The Balaban J connectivity index is 1.74. The molecule has 0 amide bonds. The minimum absolute atomic E-state index is 0.105. The van der Waals surface area contributed by atoms with Crippen molar-refractivity contribution < 1.29 is 28.5 Å². The van der Waals surface area contributed by atoms with E-state index < -0.39 is 5.97 Å². The van der Waals surface area contributed by atoms with Gasteiger partial charge in [-0.2, -0.15) is 0 Å². The summed E-state index contributed by atoms with van der Waals surface area (Å²) in [5, 5.41) is 11.5. The molecule has 2 aliphatic rings. The van der Waals surface area contributed by atoms with Gasteiger partial charge in [0.2, 0.25) is 11.2 Å². The Bertz CT molecular complexity index is 1390. The van der Waals surface area contributed by atoms with Gasteiger partial charge in [0.05, 0.1) is 23.1 Å². The van der Waals surface area contributed by atoms with Crippen molar-refractivity contribution in [2.24, 2.45) is 5.92 Å². The molecule has 1 aromatic heterocycles. The molecule has 0 saturated carbocycles. The third kappa shape index (κ3) is 4.78. The Morgan fingerprint density at radius 1 is 1.16 bits per heavy atom. The number of aryl methyl sites for hydroxylation is 1. The molecule has 196 valence electrons. The SMILES string of the molecule is CCOC(=O)c1oc2c(CN3CCC[C@H](C)C3)c(O)c(CC)cc2c(=O)c1-c1ccc2c(c1)OCCO2. The molecule has 1 saturated heterocycles. The lowest BCUT2D eigenvalue weighted by Crippen LogP contribution is -2.34. The average molecular weight is 508 g/mol. The summed E-state index contributed by atoms with van der Waals surface area (Å²) in [5.41, 5.74) is 1.64. The Morgan fingerprint density at radius 2 is 1.95 bits per heavy atom. The van der Waals surface area contributed by atoms with E-state index in [4.69, 9.17) is 18.6 Å². The normalized spacial score (nSPS) is 17.6.